The van der Waals surface area contributed by atoms with E-state index in [-0.39, 0.29) is 4.83 Å². The van der Waals surface area contributed by atoms with Crippen molar-refractivity contribution in [3.8, 4) is 5.75 Å². The van der Waals surface area contributed by atoms with Gasteiger partial charge in [-0.25, -0.2) is 0 Å². The van der Waals surface area contributed by atoms with Crippen LogP contribution >= 0.6 is 31.9 Å². The first-order valence-corrected chi connectivity index (χ1v) is 6.56. The smallest absolute Gasteiger partial charge is 0.300 e. The number of rotatable bonds is 0. The molecule has 94 valence electrons. The number of halogens is 2. The zero-order chi connectivity index (χ0) is 13.0. The molecule has 2 rings (SSSR count). The molecule has 1 aliphatic rings. The number of aliphatic hydroxyl groups excluding tert-OH is 1. The average molecular weight is 368 g/mol. The first-order chi connectivity index (χ1) is 7.91. The Balaban J connectivity index is 0.000000317. The lowest BCUT2D eigenvalue weighted by atomic mass is 10.0. The second-order valence-corrected chi connectivity index (χ2v) is 5.56. The van der Waals surface area contributed by atoms with E-state index in [0.29, 0.717) is 6.61 Å². The third-order valence-corrected chi connectivity index (χ3v) is 3.29. The van der Waals surface area contributed by atoms with E-state index >= 15 is 0 Å². The van der Waals surface area contributed by atoms with Crippen molar-refractivity contribution < 1.29 is 19.7 Å². The molecule has 0 amide bonds. The first kappa shape index (κ1) is 14.5. The van der Waals surface area contributed by atoms with Crippen molar-refractivity contribution in [3.05, 3.63) is 28.2 Å². The van der Waals surface area contributed by atoms with Gasteiger partial charge in [-0.05, 0) is 18.2 Å². The molecule has 0 radical (unpaired) electrons. The summed E-state index contributed by atoms with van der Waals surface area (Å²) in [4.78, 5) is 8.98. The fourth-order valence-corrected chi connectivity index (χ4v) is 2.13. The molecule has 0 spiro atoms. The second kappa shape index (κ2) is 6.37. The molecular formula is C11H12Br2O4. The van der Waals surface area contributed by atoms with Crippen molar-refractivity contribution in [1.82, 2.24) is 0 Å². The van der Waals surface area contributed by atoms with Gasteiger partial charge in [-0.15, -0.1) is 0 Å². The van der Waals surface area contributed by atoms with Gasteiger partial charge >= 0.3 is 0 Å². The molecule has 1 aromatic carbocycles. The third kappa shape index (κ3) is 4.29. The van der Waals surface area contributed by atoms with Crippen molar-refractivity contribution in [2.75, 3.05) is 6.61 Å². The van der Waals surface area contributed by atoms with Gasteiger partial charge in [-0.2, -0.15) is 0 Å². The van der Waals surface area contributed by atoms with Crippen LogP contribution in [0.4, 0.5) is 0 Å². The van der Waals surface area contributed by atoms with Crippen LogP contribution in [0.15, 0.2) is 22.7 Å². The number of carboxylic acid groups (broad SMARTS) is 1. The lowest BCUT2D eigenvalue weighted by molar-refractivity contribution is -0.134. The fraction of sp³-hybridized carbons (Fsp3) is 0.364. The molecule has 0 aromatic heterocycles. The summed E-state index contributed by atoms with van der Waals surface area (Å²) >= 11 is 6.71. The Labute approximate surface area is 116 Å². The summed E-state index contributed by atoms with van der Waals surface area (Å²) in [7, 11) is 0. The van der Waals surface area contributed by atoms with Crippen molar-refractivity contribution in [3.63, 3.8) is 0 Å². The Bertz CT molecular complexity index is 404. The number of carbonyl (C=O) groups is 1. The summed E-state index contributed by atoms with van der Waals surface area (Å²) in [6.07, 6.45) is -0.485. The Hall–Kier alpha value is -0.590. The number of aliphatic carboxylic acids is 1. The molecule has 0 bridgehead atoms. The molecule has 1 aromatic rings. The zero-order valence-electron chi connectivity index (χ0n) is 9.06. The number of carboxylic acids is 1. The standard InChI is InChI=1S/C9H8Br2O2.C2H4O2/c10-5-1-2-8-6(3-5)9(12)7(11)4-13-8;1-2(3)4/h1-3,7,9,12H,4H2;1H3,(H,3,4)/t7-,9+;/m1./s1. The minimum absolute atomic E-state index is 0.0192. The summed E-state index contributed by atoms with van der Waals surface area (Å²) in [5, 5.41) is 17.2. The molecule has 0 saturated carbocycles. The highest BCUT2D eigenvalue weighted by Gasteiger charge is 2.27. The molecule has 0 saturated heterocycles. The van der Waals surface area contributed by atoms with Crippen LogP contribution in [0.25, 0.3) is 0 Å². The van der Waals surface area contributed by atoms with Crippen LogP contribution in [0.1, 0.15) is 18.6 Å². The topological polar surface area (TPSA) is 66.8 Å². The van der Waals surface area contributed by atoms with Crippen molar-refractivity contribution in [2.45, 2.75) is 17.9 Å². The van der Waals surface area contributed by atoms with E-state index in [2.05, 4.69) is 31.9 Å². The van der Waals surface area contributed by atoms with Crippen LogP contribution in [0.3, 0.4) is 0 Å². The summed E-state index contributed by atoms with van der Waals surface area (Å²) in [5.74, 6) is -0.0635. The Morgan fingerprint density at radius 2 is 2.12 bits per heavy atom. The minimum Gasteiger partial charge on any atom is -0.492 e. The van der Waals surface area contributed by atoms with Crippen LogP contribution < -0.4 is 4.74 Å². The van der Waals surface area contributed by atoms with Crippen molar-refractivity contribution in [2.24, 2.45) is 0 Å². The van der Waals surface area contributed by atoms with Crippen LogP contribution in [-0.2, 0) is 4.79 Å². The maximum Gasteiger partial charge on any atom is 0.300 e. The molecule has 6 heteroatoms. The molecule has 0 fully saturated rings. The highest BCUT2D eigenvalue weighted by molar-refractivity contribution is 9.10. The molecule has 17 heavy (non-hydrogen) atoms. The Kier molecular flexibility index (Phi) is 5.42. The second-order valence-electron chi connectivity index (χ2n) is 3.47. The number of fused-ring (bicyclic) bond motifs is 1. The monoisotopic (exact) mass is 366 g/mol. The number of hydrogen-bond acceptors (Lipinski definition) is 3. The van der Waals surface area contributed by atoms with E-state index in [1.165, 1.54) is 0 Å². The highest BCUT2D eigenvalue weighted by Crippen LogP contribution is 2.36. The highest BCUT2D eigenvalue weighted by atomic mass is 79.9. The molecule has 0 unspecified atom stereocenters. The van der Waals surface area contributed by atoms with E-state index in [0.717, 1.165) is 22.7 Å². The van der Waals surface area contributed by atoms with Crippen molar-refractivity contribution >= 4 is 37.8 Å². The summed E-state index contributed by atoms with van der Waals surface area (Å²) in [5.41, 5.74) is 0.836. The average Bonchev–Trinajstić information content (AvgIpc) is 2.23. The van der Waals surface area contributed by atoms with Gasteiger partial charge in [0, 0.05) is 17.0 Å². The van der Waals surface area contributed by atoms with Gasteiger partial charge in [0.1, 0.15) is 12.4 Å². The van der Waals surface area contributed by atoms with Crippen molar-refractivity contribution in [1.29, 1.82) is 0 Å². The normalized spacial score (nSPS) is 21.6. The van der Waals surface area contributed by atoms with Gasteiger partial charge in [0.15, 0.2) is 0 Å². The molecule has 2 N–H and O–H groups in total. The van der Waals surface area contributed by atoms with E-state index < -0.39 is 12.1 Å². The molecular weight excluding hydrogens is 356 g/mol. The molecule has 1 aliphatic heterocycles. The third-order valence-electron chi connectivity index (χ3n) is 2.03. The molecule has 2 atom stereocenters. The number of hydrogen-bond donors (Lipinski definition) is 2. The van der Waals surface area contributed by atoms with Gasteiger partial charge < -0.3 is 14.9 Å². The minimum atomic E-state index is -0.833. The van der Waals surface area contributed by atoms with Crippen LogP contribution in [0.5, 0.6) is 5.75 Å². The number of aliphatic hydroxyl groups is 1. The van der Waals surface area contributed by atoms with E-state index in [4.69, 9.17) is 14.6 Å². The number of ether oxygens (including phenoxy) is 1. The van der Waals surface area contributed by atoms with Gasteiger partial charge in [-0.1, -0.05) is 31.9 Å². The molecule has 0 aliphatic carbocycles. The van der Waals surface area contributed by atoms with Gasteiger partial charge in [0.25, 0.3) is 5.97 Å². The maximum absolute atomic E-state index is 9.81. The van der Waals surface area contributed by atoms with Crippen LogP contribution in [-0.4, -0.2) is 27.6 Å². The van der Waals surface area contributed by atoms with Crippen LogP contribution in [0.2, 0.25) is 0 Å². The van der Waals surface area contributed by atoms with Crippen LogP contribution in [0, 0.1) is 0 Å². The predicted molar refractivity (Wildman–Crippen MR) is 70.6 cm³/mol. The lowest BCUT2D eigenvalue weighted by Gasteiger charge is -2.26. The molecule has 1 heterocycles. The van der Waals surface area contributed by atoms with Gasteiger partial charge in [0.05, 0.1) is 10.9 Å². The largest absolute Gasteiger partial charge is 0.492 e. The number of alkyl halides is 1. The fourth-order valence-electron chi connectivity index (χ4n) is 1.34. The first-order valence-electron chi connectivity index (χ1n) is 4.85. The Morgan fingerprint density at radius 3 is 2.71 bits per heavy atom. The summed E-state index contributed by atoms with van der Waals surface area (Å²) in [6.45, 7) is 1.59. The van der Waals surface area contributed by atoms with E-state index in [1.807, 2.05) is 18.2 Å². The Morgan fingerprint density at radius 1 is 1.53 bits per heavy atom. The van der Waals surface area contributed by atoms with Gasteiger partial charge in [-0.3, -0.25) is 4.79 Å². The molecule has 4 nitrogen and oxygen atoms in total. The van der Waals surface area contributed by atoms with E-state index in [1.54, 1.807) is 0 Å². The zero-order valence-corrected chi connectivity index (χ0v) is 12.2. The summed E-state index contributed by atoms with van der Waals surface area (Å²) < 4.78 is 6.39. The van der Waals surface area contributed by atoms with Gasteiger partial charge in [0.2, 0.25) is 0 Å². The maximum atomic E-state index is 9.81. The van der Waals surface area contributed by atoms with E-state index in [9.17, 15) is 5.11 Å². The predicted octanol–water partition coefficient (Wildman–Crippen LogP) is 2.73. The summed E-state index contributed by atoms with van der Waals surface area (Å²) in [6, 6.07) is 5.65. The SMILES string of the molecule is CC(=O)O.O[C@H]1c2cc(Br)ccc2OC[C@H]1Br. The number of benzene rings is 1. The quantitative estimate of drug-likeness (QED) is 0.692. The lowest BCUT2D eigenvalue weighted by Crippen LogP contribution is -2.25.